The van der Waals surface area contributed by atoms with Crippen LogP contribution >= 0.6 is 0 Å². The Morgan fingerprint density at radius 3 is 2.82 bits per heavy atom. The molecule has 2 rings (SSSR count). The molecule has 0 saturated heterocycles. The minimum atomic E-state index is 0.306. The van der Waals surface area contributed by atoms with E-state index in [4.69, 9.17) is 4.42 Å². The number of hydrogen-bond donors (Lipinski definition) is 1. The number of rotatable bonds is 4. The summed E-state index contributed by atoms with van der Waals surface area (Å²) in [4.78, 5) is 3.90. The summed E-state index contributed by atoms with van der Waals surface area (Å²) in [7, 11) is 0. The fraction of sp³-hybridized carbons (Fsp3) is 0.357. The summed E-state index contributed by atoms with van der Waals surface area (Å²) in [5, 5.41) is 3.43. The molecule has 1 N–H and O–H groups in total. The van der Waals surface area contributed by atoms with Gasteiger partial charge in [0.15, 0.2) is 6.39 Å². The third kappa shape index (κ3) is 2.94. The van der Waals surface area contributed by atoms with E-state index < -0.39 is 0 Å². The molecule has 0 bridgehead atoms. The van der Waals surface area contributed by atoms with Crippen molar-refractivity contribution in [2.45, 2.75) is 33.4 Å². The molecule has 0 fully saturated rings. The molecule has 17 heavy (non-hydrogen) atoms. The van der Waals surface area contributed by atoms with Crippen molar-refractivity contribution in [3.05, 3.63) is 53.2 Å². The van der Waals surface area contributed by atoms with Crippen molar-refractivity contribution in [3.8, 4) is 0 Å². The summed E-state index contributed by atoms with van der Waals surface area (Å²) in [5.74, 6) is 0.863. The summed E-state index contributed by atoms with van der Waals surface area (Å²) in [6.07, 6.45) is 3.19. The first-order valence-corrected chi connectivity index (χ1v) is 5.84. The van der Waals surface area contributed by atoms with E-state index >= 15 is 0 Å². The van der Waals surface area contributed by atoms with Gasteiger partial charge in [-0.2, -0.15) is 0 Å². The van der Waals surface area contributed by atoms with E-state index in [0.29, 0.717) is 12.6 Å². The maximum Gasteiger partial charge on any atom is 0.180 e. The van der Waals surface area contributed by atoms with Gasteiger partial charge in [0.2, 0.25) is 0 Å². The lowest BCUT2D eigenvalue weighted by Gasteiger charge is -2.16. The minimum Gasteiger partial charge on any atom is -0.447 e. The number of oxazole rings is 1. The van der Waals surface area contributed by atoms with Crippen LogP contribution in [-0.4, -0.2) is 4.98 Å². The molecule has 1 aromatic carbocycles. The van der Waals surface area contributed by atoms with Gasteiger partial charge in [0.25, 0.3) is 0 Å². The van der Waals surface area contributed by atoms with Gasteiger partial charge in [-0.1, -0.05) is 23.8 Å². The molecule has 0 radical (unpaired) electrons. The Balaban J connectivity index is 2.01. The van der Waals surface area contributed by atoms with Gasteiger partial charge in [0.05, 0.1) is 12.7 Å². The normalized spacial score (nSPS) is 12.6. The van der Waals surface area contributed by atoms with Crippen LogP contribution in [0.3, 0.4) is 0 Å². The molecular weight excluding hydrogens is 212 g/mol. The number of hydrogen-bond acceptors (Lipinski definition) is 3. The molecule has 0 aliphatic carbocycles. The predicted molar refractivity (Wildman–Crippen MR) is 67.7 cm³/mol. The lowest BCUT2D eigenvalue weighted by atomic mass is 10.0. The van der Waals surface area contributed by atoms with Gasteiger partial charge < -0.3 is 9.73 Å². The van der Waals surface area contributed by atoms with E-state index in [1.165, 1.54) is 23.1 Å². The lowest BCUT2D eigenvalue weighted by molar-refractivity contribution is 0.457. The van der Waals surface area contributed by atoms with Crippen LogP contribution in [0.25, 0.3) is 0 Å². The summed E-state index contributed by atoms with van der Waals surface area (Å²) in [6.45, 7) is 7.13. The molecule has 0 aliphatic heterocycles. The number of nitrogens with zero attached hydrogens (tertiary/aromatic N) is 1. The van der Waals surface area contributed by atoms with Gasteiger partial charge >= 0.3 is 0 Å². The standard InChI is InChI=1S/C14H18N2O/c1-10-4-5-14(11(2)6-10)12(3)16-8-13-7-15-9-17-13/h4-7,9,12,16H,8H2,1-3H3. The average Bonchev–Trinajstić information content (AvgIpc) is 2.78. The topological polar surface area (TPSA) is 38.1 Å². The highest BCUT2D eigenvalue weighted by molar-refractivity contribution is 5.32. The highest BCUT2D eigenvalue weighted by atomic mass is 16.3. The second-order valence-electron chi connectivity index (χ2n) is 4.43. The number of aromatic nitrogens is 1. The molecule has 0 spiro atoms. The van der Waals surface area contributed by atoms with Crippen LogP contribution in [-0.2, 0) is 6.54 Å². The predicted octanol–water partition coefficient (Wildman–Crippen LogP) is 3.14. The summed E-state index contributed by atoms with van der Waals surface area (Å²) in [5.41, 5.74) is 3.95. The summed E-state index contributed by atoms with van der Waals surface area (Å²) in [6, 6.07) is 6.85. The van der Waals surface area contributed by atoms with Crippen molar-refractivity contribution >= 4 is 0 Å². The molecule has 1 atom stereocenters. The molecule has 0 aliphatic rings. The van der Waals surface area contributed by atoms with Crippen molar-refractivity contribution in [1.29, 1.82) is 0 Å². The van der Waals surface area contributed by atoms with Crippen LogP contribution in [0.4, 0.5) is 0 Å². The maximum absolute atomic E-state index is 5.20. The first kappa shape index (κ1) is 11.9. The van der Waals surface area contributed by atoms with Crippen LogP contribution in [0.1, 0.15) is 35.4 Å². The highest BCUT2D eigenvalue weighted by Gasteiger charge is 2.08. The fourth-order valence-electron chi connectivity index (χ4n) is 2.00. The van der Waals surface area contributed by atoms with E-state index in [0.717, 1.165) is 5.76 Å². The second-order valence-corrected chi connectivity index (χ2v) is 4.43. The largest absolute Gasteiger partial charge is 0.447 e. The van der Waals surface area contributed by atoms with Gasteiger partial charge in [-0.25, -0.2) is 4.98 Å². The summed E-state index contributed by atoms with van der Waals surface area (Å²) < 4.78 is 5.20. The second kappa shape index (κ2) is 5.15. The van der Waals surface area contributed by atoms with Crippen LogP contribution in [0, 0.1) is 13.8 Å². The molecule has 2 aromatic rings. The Morgan fingerprint density at radius 2 is 2.18 bits per heavy atom. The molecule has 90 valence electrons. The minimum absolute atomic E-state index is 0.306. The zero-order valence-corrected chi connectivity index (χ0v) is 10.5. The van der Waals surface area contributed by atoms with Crippen molar-refractivity contribution in [1.82, 2.24) is 10.3 Å². The van der Waals surface area contributed by atoms with E-state index in [1.807, 2.05) is 0 Å². The van der Waals surface area contributed by atoms with Gasteiger partial charge in [-0.15, -0.1) is 0 Å². The van der Waals surface area contributed by atoms with Crippen molar-refractivity contribution in [3.63, 3.8) is 0 Å². The van der Waals surface area contributed by atoms with Gasteiger partial charge in [-0.05, 0) is 31.9 Å². The molecule has 3 nitrogen and oxygen atoms in total. The van der Waals surface area contributed by atoms with Crippen molar-refractivity contribution < 1.29 is 4.42 Å². The fourth-order valence-corrected chi connectivity index (χ4v) is 2.00. The molecule has 0 saturated carbocycles. The van der Waals surface area contributed by atoms with E-state index in [2.05, 4.69) is 49.3 Å². The number of aryl methyl sites for hydroxylation is 2. The Hall–Kier alpha value is -1.61. The van der Waals surface area contributed by atoms with Gasteiger partial charge in [0, 0.05) is 6.04 Å². The maximum atomic E-state index is 5.20. The smallest absolute Gasteiger partial charge is 0.180 e. The Kier molecular flexibility index (Phi) is 3.59. The first-order chi connectivity index (χ1) is 8.16. The van der Waals surface area contributed by atoms with E-state index in [-0.39, 0.29) is 0 Å². The molecule has 1 unspecified atom stereocenters. The van der Waals surface area contributed by atoms with Crippen LogP contribution < -0.4 is 5.32 Å². The van der Waals surface area contributed by atoms with E-state index in [1.54, 1.807) is 6.20 Å². The zero-order valence-electron chi connectivity index (χ0n) is 10.5. The highest BCUT2D eigenvalue weighted by Crippen LogP contribution is 2.18. The molecule has 0 amide bonds. The third-order valence-electron chi connectivity index (χ3n) is 2.96. The van der Waals surface area contributed by atoms with Crippen molar-refractivity contribution in [2.24, 2.45) is 0 Å². The Labute approximate surface area is 102 Å². The quantitative estimate of drug-likeness (QED) is 0.876. The lowest BCUT2D eigenvalue weighted by Crippen LogP contribution is -2.18. The Bertz CT molecular complexity index is 477. The van der Waals surface area contributed by atoms with Gasteiger partial charge in [0.1, 0.15) is 5.76 Å². The van der Waals surface area contributed by atoms with Crippen LogP contribution in [0.15, 0.2) is 35.2 Å². The molecule has 1 heterocycles. The SMILES string of the molecule is Cc1ccc(C(C)NCc2cnco2)c(C)c1. The third-order valence-corrected chi connectivity index (χ3v) is 2.96. The van der Waals surface area contributed by atoms with Gasteiger partial charge in [-0.3, -0.25) is 0 Å². The van der Waals surface area contributed by atoms with Crippen LogP contribution in [0.5, 0.6) is 0 Å². The molecular formula is C14H18N2O. The monoisotopic (exact) mass is 230 g/mol. The summed E-state index contributed by atoms with van der Waals surface area (Å²) >= 11 is 0. The molecule has 1 aromatic heterocycles. The average molecular weight is 230 g/mol. The molecule has 3 heteroatoms. The first-order valence-electron chi connectivity index (χ1n) is 5.84. The van der Waals surface area contributed by atoms with Crippen molar-refractivity contribution in [2.75, 3.05) is 0 Å². The number of nitrogens with one attached hydrogen (secondary N) is 1. The zero-order chi connectivity index (χ0) is 12.3. The van der Waals surface area contributed by atoms with Crippen LogP contribution in [0.2, 0.25) is 0 Å². The Morgan fingerprint density at radius 1 is 1.35 bits per heavy atom. The van der Waals surface area contributed by atoms with E-state index in [9.17, 15) is 0 Å². The number of benzene rings is 1.